The Hall–Kier alpha value is -2.02. The zero-order valence-corrected chi connectivity index (χ0v) is 14.9. The van der Waals surface area contributed by atoms with Crippen molar-refractivity contribution < 1.29 is 9.53 Å². The number of aromatic nitrogens is 1. The average molecular weight is 358 g/mol. The second kappa shape index (κ2) is 8.19. The first-order valence-electron chi connectivity index (χ1n) is 7.59. The molecule has 1 N–H and O–H groups in total. The van der Waals surface area contributed by atoms with E-state index in [4.69, 9.17) is 4.74 Å². The SMILES string of the molecule is COC(CNC(=O)Cc1csc(-c2cccs2)n1)c1ccccc1. The predicted molar refractivity (Wildman–Crippen MR) is 98.3 cm³/mol. The fraction of sp³-hybridized carbons (Fsp3) is 0.222. The van der Waals surface area contributed by atoms with Crippen LogP contribution in [0.3, 0.4) is 0 Å². The van der Waals surface area contributed by atoms with Crippen LogP contribution in [0.4, 0.5) is 0 Å². The maximum absolute atomic E-state index is 12.2. The summed E-state index contributed by atoms with van der Waals surface area (Å²) in [5, 5.41) is 7.86. The van der Waals surface area contributed by atoms with Crippen LogP contribution >= 0.6 is 22.7 Å². The van der Waals surface area contributed by atoms with Gasteiger partial charge < -0.3 is 10.1 Å². The monoisotopic (exact) mass is 358 g/mol. The second-order valence-corrected chi connectivity index (χ2v) is 7.04. The van der Waals surface area contributed by atoms with Gasteiger partial charge in [-0.15, -0.1) is 22.7 Å². The summed E-state index contributed by atoms with van der Waals surface area (Å²) in [6.07, 6.45) is 0.139. The number of carbonyl (C=O) groups excluding carboxylic acids is 1. The molecule has 0 aliphatic carbocycles. The van der Waals surface area contributed by atoms with Crippen molar-refractivity contribution in [3.05, 3.63) is 64.5 Å². The average Bonchev–Trinajstić information content (AvgIpc) is 3.27. The van der Waals surface area contributed by atoms with Crippen LogP contribution in [0.2, 0.25) is 0 Å². The van der Waals surface area contributed by atoms with E-state index in [1.165, 1.54) is 0 Å². The van der Waals surface area contributed by atoms with Crippen LogP contribution in [0.5, 0.6) is 0 Å². The van der Waals surface area contributed by atoms with E-state index in [0.29, 0.717) is 6.54 Å². The van der Waals surface area contributed by atoms with Crippen LogP contribution < -0.4 is 5.32 Å². The number of hydrogen-bond donors (Lipinski definition) is 1. The highest BCUT2D eigenvalue weighted by Gasteiger charge is 2.13. The molecule has 24 heavy (non-hydrogen) atoms. The highest BCUT2D eigenvalue weighted by atomic mass is 32.1. The molecular weight excluding hydrogens is 340 g/mol. The Morgan fingerprint density at radius 2 is 2.04 bits per heavy atom. The fourth-order valence-corrected chi connectivity index (χ4v) is 3.97. The van der Waals surface area contributed by atoms with Crippen LogP contribution in [0.15, 0.2) is 53.2 Å². The van der Waals surface area contributed by atoms with Gasteiger partial charge in [-0.3, -0.25) is 4.79 Å². The Bertz CT molecular complexity index is 769. The number of ether oxygens (including phenoxy) is 1. The summed E-state index contributed by atoms with van der Waals surface area (Å²) in [7, 11) is 1.65. The van der Waals surface area contributed by atoms with Crippen molar-refractivity contribution in [3.63, 3.8) is 0 Å². The maximum atomic E-state index is 12.2. The zero-order chi connectivity index (χ0) is 16.8. The number of thiazole rings is 1. The van der Waals surface area contributed by atoms with E-state index in [-0.39, 0.29) is 18.4 Å². The standard InChI is InChI=1S/C18H18N2O2S2/c1-22-15(13-6-3-2-4-7-13)11-19-17(21)10-14-12-24-18(20-14)16-8-5-9-23-16/h2-9,12,15H,10-11H2,1H3,(H,19,21). The predicted octanol–water partition coefficient (Wildman–Crippen LogP) is 3.92. The number of benzene rings is 1. The summed E-state index contributed by atoms with van der Waals surface area (Å²) < 4.78 is 5.46. The molecule has 0 aliphatic heterocycles. The van der Waals surface area contributed by atoms with Crippen molar-refractivity contribution in [2.75, 3.05) is 13.7 Å². The Labute approximate surface area is 149 Å². The molecule has 1 amide bonds. The molecule has 1 atom stereocenters. The molecule has 1 aromatic carbocycles. The lowest BCUT2D eigenvalue weighted by molar-refractivity contribution is -0.121. The molecule has 0 spiro atoms. The Morgan fingerprint density at radius 1 is 1.21 bits per heavy atom. The van der Waals surface area contributed by atoms with Crippen LogP contribution in [-0.2, 0) is 16.0 Å². The molecule has 1 unspecified atom stereocenters. The molecule has 0 saturated heterocycles. The van der Waals surface area contributed by atoms with Crippen molar-refractivity contribution in [1.82, 2.24) is 10.3 Å². The van der Waals surface area contributed by atoms with Gasteiger partial charge >= 0.3 is 0 Å². The number of nitrogens with zero attached hydrogens (tertiary/aromatic N) is 1. The van der Waals surface area contributed by atoms with Crippen LogP contribution in [-0.4, -0.2) is 24.5 Å². The van der Waals surface area contributed by atoms with Gasteiger partial charge in [-0.25, -0.2) is 4.98 Å². The van der Waals surface area contributed by atoms with Gasteiger partial charge in [0, 0.05) is 19.0 Å². The minimum Gasteiger partial charge on any atom is -0.375 e. The third kappa shape index (κ3) is 4.29. The van der Waals surface area contributed by atoms with Gasteiger partial charge in [-0.1, -0.05) is 36.4 Å². The molecular formula is C18H18N2O2S2. The largest absolute Gasteiger partial charge is 0.375 e. The number of amides is 1. The second-order valence-electron chi connectivity index (χ2n) is 5.24. The van der Waals surface area contributed by atoms with Gasteiger partial charge in [-0.05, 0) is 17.0 Å². The summed E-state index contributed by atoms with van der Waals surface area (Å²) in [5.74, 6) is -0.0454. The quantitative estimate of drug-likeness (QED) is 0.696. The number of rotatable bonds is 7. The maximum Gasteiger partial charge on any atom is 0.226 e. The number of nitrogens with one attached hydrogen (secondary N) is 1. The molecule has 3 aromatic rings. The lowest BCUT2D eigenvalue weighted by Crippen LogP contribution is -2.30. The molecule has 2 aromatic heterocycles. The van der Waals surface area contributed by atoms with Crippen LogP contribution in [0, 0.1) is 0 Å². The van der Waals surface area contributed by atoms with E-state index < -0.39 is 0 Å². The fourth-order valence-electron chi connectivity index (χ4n) is 2.34. The van der Waals surface area contributed by atoms with Gasteiger partial charge in [0.05, 0.1) is 23.1 Å². The third-order valence-corrected chi connectivity index (χ3v) is 5.50. The van der Waals surface area contributed by atoms with Gasteiger partial charge in [0.25, 0.3) is 0 Å². The smallest absolute Gasteiger partial charge is 0.226 e. The van der Waals surface area contributed by atoms with Crippen molar-refractivity contribution in [1.29, 1.82) is 0 Å². The van der Waals surface area contributed by atoms with E-state index in [1.54, 1.807) is 29.8 Å². The lowest BCUT2D eigenvalue weighted by Gasteiger charge is -2.16. The number of thiophene rings is 1. The molecule has 4 nitrogen and oxygen atoms in total. The number of methoxy groups -OCH3 is 1. The van der Waals surface area contributed by atoms with E-state index >= 15 is 0 Å². The van der Waals surface area contributed by atoms with Crippen molar-refractivity contribution >= 4 is 28.6 Å². The zero-order valence-electron chi connectivity index (χ0n) is 13.3. The van der Waals surface area contributed by atoms with Gasteiger partial charge in [0.1, 0.15) is 5.01 Å². The van der Waals surface area contributed by atoms with Gasteiger partial charge in [-0.2, -0.15) is 0 Å². The Balaban J connectivity index is 1.54. The van der Waals surface area contributed by atoms with Gasteiger partial charge in [0.15, 0.2) is 0 Å². The number of carbonyl (C=O) groups is 1. The Morgan fingerprint density at radius 3 is 2.75 bits per heavy atom. The molecule has 0 saturated carbocycles. The first-order valence-corrected chi connectivity index (χ1v) is 9.35. The molecule has 0 fully saturated rings. The minimum atomic E-state index is -0.146. The normalized spacial score (nSPS) is 12.0. The summed E-state index contributed by atoms with van der Waals surface area (Å²) in [4.78, 5) is 17.8. The van der Waals surface area contributed by atoms with E-state index in [9.17, 15) is 4.79 Å². The lowest BCUT2D eigenvalue weighted by atomic mass is 10.1. The van der Waals surface area contributed by atoms with Crippen molar-refractivity contribution in [3.8, 4) is 9.88 Å². The van der Waals surface area contributed by atoms with E-state index in [2.05, 4.69) is 10.3 Å². The minimum absolute atomic E-state index is 0.0454. The highest BCUT2D eigenvalue weighted by Crippen LogP contribution is 2.27. The van der Waals surface area contributed by atoms with Gasteiger partial charge in [0.2, 0.25) is 5.91 Å². The van der Waals surface area contributed by atoms with E-state index in [1.807, 2.05) is 53.2 Å². The Kier molecular flexibility index (Phi) is 5.74. The van der Waals surface area contributed by atoms with Crippen molar-refractivity contribution in [2.45, 2.75) is 12.5 Å². The first kappa shape index (κ1) is 16.8. The van der Waals surface area contributed by atoms with Crippen molar-refractivity contribution in [2.24, 2.45) is 0 Å². The summed E-state index contributed by atoms with van der Waals surface area (Å²) >= 11 is 3.22. The summed E-state index contributed by atoms with van der Waals surface area (Å²) in [6.45, 7) is 0.446. The molecule has 0 bridgehead atoms. The summed E-state index contributed by atoms with van der Waals surface area (Å²) in [6, 6.07) is 13.9. The summed E-state index contributed by atoms with van der Waals surface area (Å²) in [5.41, 5.74) is 1.85. The molecule has 2 heterocycles. The number of hydrogen-bond acceptors (Lipinski definition) is 5. The molecule has 6 heteroatoms. The highest BCUT2D eigenvalue weighted by molar-refractivity contribution is 7.20. The molecule has 124 valence electrons. The van der Waals surface area contributed by atoms with Crippen LogP contribution in [0.25, 0.3) is 9.88 Å². The first-order chi connectivity index (χ1) is 11.8. The van der Waals surface area contributed by atoms with E-state index in [0.717, 1.165) is 21.1 Å². The topological polar surface area (TPSA) is 51.2 Å². The molecule has 0 radical (unpaired) electrons. The molecule has 3 rings (SSSR count). The third-order valence-electron chi connectivity index (χ3n) is 3.57. The molecule has 0 aliphatic rings. The van der Waals surface area contributed by atoms with Crippen LogP contribution in [0.1, 0.15) is 17.4 Å².